The molecule has 1 aliphatic heterocycles. The van der Waals surface area contributed by atoms with Gasteiger partial charge in [-0.25, -0.2) is 5.43 Å². The van der Waals surface area contributed by atoms with E-state index in [1.807, 2.05) is 43.6 Å². The number of hydrogen-bond acceptors (Lipinski definition) is 5. The molecule has 7 heteroatoms. The third-order valence-corrected chi connectivity index (χ3v) is 3.72. The highest BCUT2D eigenvalue weighted by atomic mass is 16.5. The van der Waals surface area contributed by atoms with Gasteiger partial charge in [0.1, 0.15) is 18.4 Å². The molecule has 23 heavy (non-hydrogen) atoms. The maximum Gasteiger partial charge on any atom is 0.238 e. The highest BCUT2D eigenvalue weighted by Crippen LogP contribution is 2.11. The van der Waals surface area contributed by atoms with Crippen LogP contribution in [0.25, 0.3) is 0 Å². The van der Waals surface area contributed by atoms with E-state index in [4.69, 9.17) is 4.74 Å². The average Bonchev–Trinajstić information content (AvgIpc) is 3.21. The summed E-state index contributed by atoms with van der Waals surface area (Å²) in [5.41, 5.74) is 7.11. The zero-order chi connectivity index (χ0) is 16.1. The number of ether oxygens (including phenoxy) is 1. The lowest BCUT2D eigenvalue weighted by Crippen LogP contribution is -2.43. The largest absolute Gasteiger partial charge is 0.492 e. The minimum atomic E-state index is -0.254. The second-order valence-electron chi connectivity index (χ2n) is 5.64. The molecule has 3 N–H and O–H groups in total. The lowest BCUT2D eigenvalue weighted by molar-refractivity contribution is -0.123. The molecule has 2 heterocycles. The first-order chi connectivity index (χ1) is 11.2. The summed E-state index contributed by atoms with van der Waals surface area (Å²) in [4.78, 5) is 12.2. The van der Waals surface area contributed by atoms with Crippen molar-refractivity contribution in [2.24, 2.45) is 7.05 Å². The van der Waals surface area contributed by atoms with Gasteiger partial charge in [0.05, 0.1) is 12.2 Å². The van der Waals surface area contributed by atoms with Crippen LogP contribution in [0.4, 0.5) is 0 Å². The van der Waals surface area contributed by atoms with Crippen molar-refractivity contribution in [3.8, 4) is 5.75 Å². The number of carbonyl (C=O) groups excluding carboxylic acids is 1. The van der Waals surface area contributed by atoms with E-state index in [9.17, 15) is 4.79 Å². The highest BCUT2D eigenvalue weighted by molar-refractivity contribution is 5.82. The molecule has 7 nitrogen and oxygen atoms in total. The second kappa shape index (κ2) is 7.26. The Kier molecular flexibility index (Phi) is 4.89. The monoisotopic (exact) mass is 315 g/mol. The van der Waals surface area contributed by atoms with Crippen molar-refractivity contribution in [3.63, 3.8) is 0 Å². The second-order valence-corrected chi connectivity index (χ2v) is 5.64. The zero-order valence-electron chi connectivity index (χ0n) is 13.0. The Balaban J connectivity index is 1.41. The molecule has 1 aliphatic rings. The first-order valence-corrected chi connectivity index (χ1v) is 7.65. The van der Waals surface area contributed by atoms with Gasteiger partial charge in [-0.1, -0.05) is 18.2 Å². The minimum Gasteiger partial charge on any atom is -0.492 e. The number of aromatic nitrogens is 2. The molecule has 1 saturated heterocycles. The fourth-order valence-corrected chi connectivity index (χ4v) is 2.49. The average molecular weight is 315 g/mol. The van der Waals surface area contributed by atoms with Crippen molar-refractivity contribution in [1.82, 2.24) is 25.9 Å². The lowest BCUT2D eigenvalue weighted by Gasteiger charge is -2.11. The summed E-state index contributed by atoms with van der Waals surface area (Å²) >= 11 is 0. The van der Waals surface area contributed by atoms with Gasteiger partial charge in [-0.15, -0.1) is 0 Å². The first-order valence-electron chi connectivity index (χ1n) is 7.65. The topological polar surface area (TPSA) is 80.2 Å². The Bertz CT molecular complexity index is 643. The SMILES string of the molecule is Cn1cc(CNC(=O)C2CC(COc3ccccc3)NN2)cn1. The summed E-state index contributed by atoms with van der Waals surface area (Å²) in [6, 6.07) is 9.50. The molecule has 1 aromatic heterocycles. The van der Waals surface area contributed by atoms with Gasteiger partial charge in [0.25, 0.3) is 0 Å². The summed E-state index contributed by atoms with van der Waals surface area (Å²) in [7, 11) is 1.85. The van der Waals surface area contributed by atoms with Gasteiger partial charge in [0.15, 0.2) is 0 Å². The minimum absolute atomic E-state index is 0.0245. The molecule has 0 spiro atoms. The molecule has 0 radical (unpaired) electrons. The third-order valence-electron chi connectivity index (χ3n) is 3.72. The molecule has 1 aromatic carbocycles. The third kappa shape index (κ3) is 4.30. The number of aryl methyl sites for hydroxylation is 1. The maximum absolute atomic E-state index is 12.2. The van der Waals surface area contributed by atoms with E-state index in [2.05, 4.69) is 21.3 Å². The van der Waals surface area contributed by atoms with E-state index in [-0.39, 0.29) is 18.0 Å². The van der Waals surface area contributed by atoms with Crippen molar-refractivity contribution < 1.29 is 9.53 Å². The number of amides is 1. The zero-order valence-corrected chi connectivity index (χ0v) is 13.0. The van der Waals surface area contributed by atoms with Gasteiger partial charge in [0.2, 0.25) is 5.91 Å². The molecule has 0 saturated carbocycles. The highest BCUT2D eigenvalue weighted by Gasteiger charge is 2.29. The van der Waals surface area contributed by atoms with Gasteiger partial charge in [-0.2, -0.15) is 5.10 Å². The number of nitrogens with zero attached hydrogens (tertiary/aromatic N) is 2. The Labute approximate surface area is 135 Å². The lowest BCUT2D eigenvalue weighted by atomic mass is 10.1. The van der Waals surface area contributed by atoms with E-state index < -0.39 is 0 Å². The van der Waals surface area contributed by atoms with E-state index >= 15 is 0 Å². The molecule has 2 aromatic rings. The van der Waals surface area contributed by atoms with Gasteiger partial charge >= 0.3 is 0 Å². The van der Waals surface area contributed by atoms with Crippen LogP contribution in [-0.2, 0) is 18.4 Å². The first kappa shape index (κ1) is 15.5. The normalized spacial score (nSPS) is 20.4. The Morgan fingerprint density at radius 1 is 1.39 bits per heavy atom. The standard InChI is InChI=1S/C16H21N5O2/c1-21-10-12(9-18-21)8-17-16(22)15-7-13(19-20-15)11-23-14-5-3-2-4-6-14/h2-6,9-10,13,15,19-20H,7-8,11H2,1H3,(H,17,22). The van der Waals surface area contributed by atoms with Crippen molar-refractivity contribution in [2.45, 2.75) is 25.0 Å². The van der Waals surface area contributed by atoms with E-state index in [1.165, 1.54) is 0 Å². The van der Waals surface area contributed by atoms with E-state index in [1.54, 1.807) is 10.9 Å². The summed E-state index contributed by atoms with van der Waals surface area (Å²) in [5, 5.41) is 6.99. The molecule has 3 rings (SSSR count). The van der Waals surface area contributed by atoms with Crippen LogP contribution >= 0.6 is 0 Å². The summed E-state index contributed by atoms with van der Waals surface area (Å²) < 4.78 is 7.42. The molecular weight excluding hydrogens is 294 g/mol. The van der Waals surface area contributed by atoms with Gasteiger partial charge in [-0.3, -0.25) is 14.9 Å². The quantitative estimate of drug-likeness (QED) is 0.717. The summed E-state index contributed by atoms with van der Waals surface area (Å²) in [6.07, 6.45) is 4.32. The number of rotatable bonds is 6. The fourth-order valence-electron chi connectivity index (χ4n) is 2.49. The molecule has 0 bridgehead atoms. The van der Waals surface area contributed by atoms with Gasteiger partial charge < -0.3 is 10.1 Å². The van der Waals surface area contributed by atoms with E-state index in [0.29, 0.717) is 19.6 Å². The number of hydrogen-bond donors (Lipinski definition) is 3. The molecule has 0 aliphatic carbocycles. The molecule has 1 fully saturated rings. The molecule has 122 valence electrons. The Morgan fingerprint density at radius 3 is 2.96 bits per heavy atom. The Hall–Kier alpha value is -2.38. The van der Waals surface area contributed by atoms with Crippen molar-refractivity contribution in [2.75, 3.05) is 6.61 Å². The van der Waals surface area contributed by atoms with Gasteiger partial charge in [-0.05, 0) is 18.6 Å². The number of para-hydroxylation sites is 1. The number of nitrogens with one attached hydrogen (secondary N) is 3. The smallest absolute Gasteiger partial charge is 0.238 e. The predicted molar refractivity (Wildman–Crippen MR) is 85.5 cm³/mol. The van der Waals surface area contributed by atoms with Crippen LogP contribution < -0.4 is 20.9 Å². The fraction of sp³-hybridized carbons (Fsp3) is 0.375. The number of carbonyl (C=O) groups is 1. The van der Waals surface area contributed by atoms with Crippen LogP contribution in [0.15, 0.2) is 42.7 Å². The van der Waals surface area contributed by atoms with Crippen molar-refractivity contribution in [3.05, 3.63) is 48.3 Å². The predicted octanol–water partition coefficient (Wildman–Crippen LogP) is 0.350. The van der Waals surface area contributed by atoms with Crippen molar-refractivity contribution >= 4 is 5.91 Å². The van der Waals surface area contributed by atoms with Crippen LogP contribution in [-0.4, -0.2) is 34.4 Å². The van der Waals surface area contributed by atoms with Crippen molar-refractivity contribution in [1.29, 1.82) is 0 Å². The summed E-state index contributed by atoms with van der Waals surface area (Å²) in [5.74, 6) is 0.808. The Morgan fingerprint density at radius 2 is 2.22 bits per heavy atom. The maximum atomic E-state index is 12.2. The molecule has 1 amide bonds. The van der Waals surface area contributed by atoms with Crippen LogP contribution in [0.1, 0.15) is 12.0 Å². The van der Waals surface area contributed by atoms with E-state index in [0.717, 1.165) is 11.3 Å². The van der Waals surface area contributed by atoms with Crippen LogP contribution in [0.5, 0.6) is 5.75 Å². The van der Waals surface area contributed by atoms with Gasteiger partial charge in [0, 0.05) is 25.4 Å². The summed E-state index contributed by atoms with van der Waals surface area (Å²) in [6.45, 7) is 0.999. The van der Waals surface area contributed by atoms with Crippen LogP contribution in [0.3, 0.4) is 0 Å². The molecule has 2 unspecified atom stereocenters. The van der Waals surface area contributed by atoms with Crippen LogP contribution in [0, 0.1) is 0 Å². The molecule has 2 atom stereocenters. The van der Waals surface area contributed by atoms with Crippen LogP contribution in [0.2, 0.25) is 0 Å². The number of benzene rings is 1. The number of hydrazine groups is 1. The molecular formula is C16H21N5O2.